The summed E-state index contributed by atoms with van der Waals surface area (Å²) in [6, 6.07) is 2.67. The third-order valence-corrected chi connectivity index (χ3v) is 4.48. The first-order valence-electron chi connectivity index (χ1n) is 8.53. The molecule has 0 spiro atoms. The maximum Gasteiger partial charge on any atom is 0.434 e. The van der Waals surface area contributed by atoms with Crippen LogP contribution in [0.3, 0.4) is 0 Å². The lowest BCUT2D eigenvalue weighted by molar-refractivity contribution is -0.143. The van der Waals surface area contributed by atoms with Crippen LogP contribution in [0.25, 0.3) is 5.82 Å². The molecule has 2 unspecified atom stereocenters. The summed E-state index contributed by atoms with van der Waals surface area (Å²) in [4.78, 5) is 14.3. The number of hydrogen-bond acceptors (Lipinski definition) is 5. The highest BCUT2D eigenvalue weighted by Crippen LogP contribution is 2.34. The van der Waals surface area contributed by atoms with Crippen LogP contribution >= 0.6 is 0 Å². The molecule has 0 aliphatic carbocycles. The van der Waals surface area contributed by atoms with E-state index in [4.69, 9.17) is 4.74 Å². The van der Waals surface area contributed by atoms with E-state index in [0.717, 1.165) is 12.6 Å². The van der Waals surface area contributed by atoms with Gasteiger partial charge in [-0.2, -0.15) is 18.3 Å². The molecule has 2 aromatic heterocycles. The molecular weight excluding hydrogens is 363 g/mol. The number of carbonyl (C=O) groups excluding carboxylic acids is 1. The van der Waals surface area contributed by atoms with Gasteiger partial charge in [0.25, 0.3) is 5.91 Å². The van der Waals surface area contributed by atoms with Crippen molar-refractivity contribution in [2.45, 2.75) is 26.4 Å². The van der Waals surface area contributed by atoms with Crippen molar-refractivity contribution >= 4 is 5.91 Å². The summed E-state index contributed by atoms with van der Waals surface area (Å²) in [6.07, 6.45) is -2.90. The molecule has 3 rings (SSSR count). The molecule has 0 aromatic carbocycles. The van der Waals surface area contributed by atoms with Gasteiger partial charge in [0.05, 0.1) is 18.9 Å². The number of halogens is 3. The first kappa shape index (κ1) is 19.1. The summed E-state index contributed by atoms with van der Waals surface area (Å²) >= 11 is 0. The standard InChI is InChI=1S/C17H20F3N5O2/c1-10-6-11(2)9-24(8-10)16(26)12-7-21-25(15(12)17(18,19)20)13-4-5-14(27-3)23-22-13/h4-5,7,10-11H,6,8-9H2,1-3H3. The van der Waals surface area contributed by atoms with Crippen molar-refractivity contribution in [2.24, 2.45) is 11.8 Å². The van der Waals surface area contributed by atoms with Crippen LogP contribution in [0, 0.1) is 11.8 Å². The average molecular weight is 383 g/mol. The largest absolute Gasteiger partial charge is 0.480 e. The number of piperidine rings is 1. The Morgan fingerprint density at radius 3 is 2.37 bits per heavy atom. The zero-order valence-corrected chi connectivity index (χ0v) is 15.2. The number of alkyl halides is 3. The van der Waals surface area contributed by atoms with Gasteiger partial charge in [-0.05, 0) is 24.3 Å². The number of methoxy groups -OCH3 is 1. The van der Waals surface area contributed by atoms with E-state index >= 15 is 0 Å². The first-order chi connectivity index (χ1) is 12.7. The second kappa shape index (κ2) is 7.16. The van der Waals surface area contributed by atoms with Crippen LogP contribution in [-0.4, -0.2) is 51.0 Å². The molecule has 0 saturated carbocycles. The van der Waals surface area contributed by atoms with E-state index in [0.29, 0.717) is 17.8 Å². The minimum Gasteiger partial charge on any atom is -0.480 e. The Bertz CT molecular complexity index is 809. The Hall–Kier alpha value is -2.65. The topological polar surface area (TPSA) is 73.1 Å². The number of carbonyl (C=O) groups is 1. The third-order valence-electron chi connectivity index (χ3n) is 4.48. The number of ether oxygens (including phenoxy) is 1. The van der Waals surface area contributed by atoms with Gasteiger partial charge in [0.2, 0.25) is 5.88 Å². The molecule has 7 nitrogen and oxygen atoms in total. The molecule has 3 heterocycles. The fourth-order valence-electron chi connectivity index (χ4n) is 3.49. The normalized spacial score (nSPS) is 20.6. The molecule has 1 saturated heterocycles. The van der Waals surface area contributed by atoms with E-state index in [2.05, 4.69) is 15.3 Å². The molecule has 1 fully saturated rings. The van der Waals surface area contributed by atoms with Gasteiger partial charge in [-0.3, -0.25) is 4.79 Å². The van der Waals surface area contributed by atoms with E-state index in [1.165, 1.54) is 24.1 Å². The van der Waals surface area contributed by atoms with Crippen LogP contribution in [-0.2, 0) is 6.18 Å². The molecular formula is C17H20F3N5O2. The number of likely N-dealkylation sites (tertiary alicyclic amines) is 1. The summed E-state index contributed by atoms with van der Waals surface area (Å²) in [6.45, 7) is 4.82. The Balaban J connectivity index is 2.01. The number of aromatic nitrogens is 4. The van der Waals surface area contributed by atoms with Crippen molar-refractivity contribution in [2.75, 3.05) is 20.2 Å². The van der Waals surface area contributed by atoms with Crippen LogP contribution in [0.1, 0.15) is 36.3 Å². The molecule has 10 heteroatoms. The minimum atomic E-state index is -4.78. The number of amides is 1. The number of nitrogens with zero attached hydrogens (tertiary/aromatic N) is 5. The van der Waals surface area contributed by atoms with Gasteiger partial charge in [0.1, 0.15) is 0 Å². The lowest BCUT2D eigenvalue weighted by Crippen LogP contribution is -2.43. The van der Waals surface area contributed by atoms with Gasteiger partial charge in [-0.15, -0.1) is 10.2 Å². The van der Waals surface area contributed by atoms with E-state index in [1.807, 2.05) is 13.8 Å². The van der Waals surface area contributed by atoms with E-state index in [9.17, 15) is 18.0 Å². The van der Waals surface area contributed by atoms with Crippen molar-refractivity contribution in [1.82, 2.24) is 24.9 Å². The zero-order valence-electron chi connectivity index (χ0n) is 15.2. The summed E-state index contributed by atoms with van der Waals surface area (Å²) in [5.74, 6) is -0.202. The maximum absolute atomic E-state index is 13.7. The van der Waals surface area contributed by atoms with Crippen LogP contribution in [0.2, 0.25) is 0 Å². The molecule has 1 aliphatic heterocycles. The molecule has 1 aliphatic rings. The lowest BCUT2D eigenvalue weighted by atomic mass is 9.91. The highest BCUT2D eigenvalue weighted by molar-refractivity contribution is 5.95. The average Bonchev–Trinajstić information content (AvgIpc) is 3.05. The van der Waals surface area contributed by atoms with Crippen molar-refractivity contribution in [3.8, 4) is 11.7 Å². The maximum atomic E-state index is 13.7. The highest BCUT2D eigenvalue weighted by atomic mass is 19.4. The van der Waals surface area contributed by atoms with Crippen LogP contribution in [0.4, 0.5) is 13.2 Å². The second-order valence-corrected chi connectivity index (χ2v) is 6.91. The molecule has 146 valence electrons. The van der Waals surface area contributed by atoms with Crippen molar-refractivity contribution in [3.63, 3.8) is 0 Å². The van der Waals surface area contributed by atoms with Gasteiger partial charge in [-0.25, -0.2) is 4.68 Å². The fourth-order valence-corrected chi connectivity index (χ4v) is 3.49. The Morgan fingerprint density at radius 2 is 1.85 bits per heavy atom. The molecule has 27 heavy (non-hydrogen) atoms. The fraction of sp³-hybridized carbons (Fsp3) is 0.529. The molecule has 2 aromatic rings. The highest BCUT2D eigenvalue weighted by Gasteiger charge is 2.42. The summed E-state index contributed by atoms with van der Waals surface area (Å²) in [7, 11) is 1.37. The van der Waals surface area contributed by atoms with Crippen molar-refractivity contribution in [3.05, 3.63) is 29.6 Å². The van der Waals surface area contributed by atoms with Crippen LogP contribution < -0.4 is 4.74 Å². The number of hydrogen-bond donors (Lipinski definition) is 0. The predicted octanol–water partition coefficient (Wildman–Crippen LogP) is 2.81. The monoisotopic (exact) mass is 383 g/mol. The van der Waals surface area contributed by atoms with E-state index < -0.39 is 23.3 Å². The molecule has 0 radical (unpaired) electrons. The predicted molar refractivity (Wildman–Crippen MR) is 89.6 cm³/mol. The second-order valence-electron chi connectivity index (χ2n) is 6.91. The van der Waals surface area contributed by atoms with Gasteiger partial charge < -0.3 is 9.64 Å². The quantitative estimate of drug-likeness (QED) is 0.815. The van der Waals surface area contributed by atoms with Gasteiger partial charge >= 0.3 is 6.18 Å². The van der Waals surface area contributed by atoms with Crippen LogP contribution in [0.5, 0.6) is 5.88 Å². The van der Waals surface area contributed by atoms with Gasteiger partial charge in [0.15, 0.2) is 11.5 Å². The molecule has 0 N–H and O–H groups in total. The first-order valence-corrected chi connectivity index (χ1v) is 8.53. The van der Waals surface area contributed by atoms with Crippen molar-refractivity contribution < 1.29 is 22.7 Å². The van der Waals surface area contributed by atoms with Crippen molar-refractivity contribution in [1.29, 1.82) is 0 Å². The Morgan fingerprint density at radius 1 is 1.19 bits per heavy atom. The van der Waals surface area contributed by atoms with Gasteiger partial charge in [-0.1, -0.05) is 13.8 Å². The SMILES string of the molecule is COc1ccc(-n2ncc(C(=O)N3CC(C)CC(C)C3)c2C(F)(F)F)nn1. The van der Waals surface area contributed by atoms with Gasteiger partial charge in [0, 0.05) is 19.2 Å². The molecule has 2 atom stereocenters. The third kappa shape index (κ3) is 3.88. The Labute approximate surface area is 154 Å². The minimum absolute atomic E-state index is 0.150. The van der Waals surface area contributed by atoms with Crippen LogP contribution in [0.15, 0.2) is 18.3 Å². The summed E-state index contributed by atoms with van der Waals surface area (Å²) in [5, 5.41) is 11.1. The zero-order chi connectivity index (χ0) is 19.8. The van der Waals surface area contributed by atoms with E-state index in [-0.39, 0.29) is 23.5 Å². The summed E-state index contributed by atoms with van der Waals surface area (Å²) < 4.78 is 46.7. The van der Waals surface area contributed by atoms with E-state index in [1.54, 1.807) is 0 Å². The number of rotatable bonds is 3. The lowest BCUT2D eigenvalue weighted by Gasteiger charge is -2.35. The smallest absolute Gasteiger partial charge is 0.434 e. The molecule has 0 bridgehead atoms. The molecule has 1 amide bonds. The summed E-state index contributed by atoms with van der Waals surface area (Å²) in [5.41, 5.74) is -1.64. The Kier molecular flexibility index (Phi) is 5.07.